The van der Waals surface area contributed by atoms with Crippen LogP contribution < -0.4 is 10.2 Å². The maximum Gasteiger partial charge on any atom is 0.255 e. The van der Waals surface area contributed by atoms with Crippen molar-refractivity contribution in [2.45, 2.75) is 19.9 Å². The van der Waals surface area contributed by atoms with E-state index in [9.17, 15) is 13.2 Å². The summed E-state index contributed by atoms with van der Waals surface area (Å²) in [6, 6.07) is 13.6. The summed E-state index contributed by atoms with van der Waals surface area (Å²) in [6.45, 7) is 3.45. The van der Waals surface area contributed by atoms with Gasteiger partial charge in [-0.25, -0.2) is 12.9 Å². The molecule has 1 amide bonds. The third-order valence-corrected chi connectivity index (χ3v) is 6.88. The van der Waals surface area contributed by atoms with Crippen LogP contribution >= 0.6 is 0 Å². The van der Waals surface area contributed by atoms with Gasteiger partial charge in [0.2, 0.25) is 0 Å². The quantitative estimate of drug-likeness (QED) is 0.694. The lowest BCUT2D eigenvalue weighted by molar-refractivity contribution is 0.0951. The minimum atomic E-state index is -2.89. The predicted octanol–water partition coefficient (Wildman–Crippen LogP) is 2.06. The fraction of sp³-hybridized carbons (Fsp3) is 0.333. The molecule has 1 aliphatic rings. The molecule has 0 saturated carbocycles. The average Bonchev–Trinajstić information content (AvgIpc) is 3.11. The van der Waals surface area contributed by atoms with Crippen LogP contribution in [0, 0.1) is 0 Å². The molecule has 8 heteroatoms. The maximum atomic E-state index is 12.8. The molecular formula is C21H24N4O3S. The summed E-state index contributed by atoms with van der Waals surface area (Å²) >= 11 is 0. The van der Waals surface area contributed by atoms with Crippen molar-refractivity contribution < 1.29 is 13.2 Å². The molecule has 7 nitrogen and oxygen atoms in total. The van der Waals surface area contributed by atoms with Crippen molar-refractivity contribution in [3.63, 3.8) is 0 Å². The van der Waals surface area contributed by atoms with E-state index >= 15 is 0 Å². The van der Waals surface area contributed by atoms with Crippen molar-refractivity contribution >= 4 is 26.9 Å². The molecule has 1 fully saturated rings. The number of carbonyl (C=O) groups is 1. The summed E-state index contributed by atoms with van der Waals surface area (Å²) in [5, 5.41) is 7.48. The number of rotatable bonds is 5. The first kappa shape index (κ1) is 19.4. The molecule has 1 aliphatic heterocycles. The smallest absolute Gasteiger partial charge is 0.255 e. The Balaban J connectivity index is 1.43. The second kappa shape index (κ2) is 7.87. The van der Waals surface area contributed by atoms with Crippen LogP contribution in [-0.2, 0) is 22.8 Å². The van der Waals surface area contributed by atoms with E-state index in [0.29, 0.717) is 31.6 Å². The van der Waals surface area contributed by atoms with Crippen LogP contribution in [0.5, 0.6) is 0 Å². The minimum Gasteiger partial charge on any atom is -0.369 e. The number of anilines is 1. The highest BCUT2D eigenvalue weighted by Gasteiger charge is 2.22. The Morgan fingerprint density at radius 2 is 1.83 bits per heavy atom. The summed E-state index contributed by atoms with van der Waals surface area (Å²) in [4.78, 5) is 14.9. The fourth-order valence-electron chi connectivity index (χ4n) is 3.61. The summed E-state index contributed by atoms with van der Waals surface area (Å²) in [5.74, 6) is 0.266. The molecule has 0 atom stereocenters. The molecule has 29 heavy (non-hydrogen) atoms. The lowest BCUT2D eigenvalue weighted by atomic mass is 10.1. The molecular weight excluding hydrogens is 388 g/mol. The van der Waals surface area contributed by atoms with Crippen molar-refractivity contribution in [3.8, 4) is 0 Å². The van der Waals surface area contributed by atoms with Gasteiger partial charge >= 0.3 is 0 Å². The zero-order valence-electron chi connectivity index (χ0n) is 16.3. The second-order valence-electron chi connectivity index (χ2n) is 7.19. The Labute approximate surface area is 170 Å². The topological polar surface area (TPSA) is 83.8 Å². The zero-order chi connectivity index (χ0) is 20.4. The largest absolute Gasteiger partial charge is 0.369 e. The van der Waals surface area contributed by atoms with Crippen LogP contribution in [0.2, 0.25) is 0 Å². The van der Waals surface area contributed by atoms with Gasteiger partial charge in [0, 0.05) is 31.5 Å². The number of benzene rings is 1. The molecule has 1 saturated heterocycles. The molecule has 152 valence electrons. The molecule has 4 rings (SSSR count). The highest BCUT2D eigenvalue weighted by molar-refractivity contribution is 7.91. The Bertz CT molecular complexity index is 1120. The Hall–Kier alpha value is -2.87. The minimum absolute atomic E-state index is 0.131. The summed E-state index contributed by atoms with van der Waals surface area (Å²) < 4.78 is 24.9. The van der Waals surface area contributed by atoms with E-state index in [1.165, 1.54) is 0 Å². The Morgan fingerprint density at radius 3 is 2.52 bits per heavy atom. The van der Waals surface area contributed by atoms with Crippen LogP contribution in [0.1, 0.15) is 28.5 Å². The number of pyridine rings is 1. The highest BCUT2D eigenvalue weighted by atomic mass is 32.2. The number of hydrogen-bond donors (Lipinski definition) is 1. The van der Waals surface area contributed by atoms with E-state index in [4.69, 9.17) is 0 Å². The fourth-order valence-corrected chi connectivity index (χ4v) is 4.81. The van der Waals surface area contributed by atoms with Gasteiger partial charge in [-0.15, -0.1) is 0 Å². The molecule has 0 bridgehead atoms. The summed E-state index contributed by atoms with van der Waals surface area (Å²) in [6.07, 6.45) is 2.53. The summed E-state index contributed by atoms with van der Waals surface area (Å²) in [5.41, 5.74) is 4.20. The molecule has 2 aromatic heterocycles. The SMILES string of the molecule is CCc1nn2ccccc2c1C(=O)NCc1ccc(N2CCS(=O)(=O)CC2)cc1. The summed E-state index contributed by atoms with van der Waals surface area (Å²) in [7, 11) is -2.89. The zero-order valence-corrected chi connectivity index (χ0v) is 17.2. The molecule has 0 unspecified atom stereocenters. The number of fused-ring (bicyclic) bond motifs is 1. The van der Waals surface area contributed by atoms with Crippen LogP contribution in [0.25, 0.3) is 5.52 Å². The number of nitrogens with zero attached hydrogens (tertiary/aromatic N) is 3. The van der Waals surface area contributed by atoms with E-state index in [1.807, 2.05) is 55.6 Å². The van der Waals surface area contributed by atoms with E-state index in [-0.39, 0.29) is 17.4 Å². The van der Waals surface area contributed by atoms with E-state index in [1.54, 1.807) is 4.52 Å². The number of amides is 1. The molecule has 0 radical (unpaired) electrons. The van der Waals surface area contributed by atoms with Crippen molar-refractivity contribution in [1.29, 1.82) is 0 Å². The van der Waals surface area contributed by atoms with Gasteiger partial charge in [0.05, 0.1) is 28.3 Å². The first-order valence-corrected chi connectivity index (χ1v) is 11.6. The van der Waals surface area contributed by atoms with Gasteiger partial charge in [-0.2, -0.15) is 5.10 Å². The number of hydrogen-bond acceptors (Lipinski definition) is 5. The third kappa shape index (κ3) is 4.12. The maximum absolute atomic E-state index is 12.8. The van der Waals surface area contributed by atoms with Crippen molar-refractivity contribution in [1.82, 2.24) is 14.9 Å². The molecule has 1 aromatic carbocycles. The van der Waals surface area contributed by atoms with Crippen molar-refractivity contribution in [2.24, 2.45) is 0 Å². The number of carbonyl (C=O) groups excluding carboxylic acids is 1. The highest BCUT2D eigenvalue weighted by Crippen LogP contribution is 2.19. The van der Waals surface area contributed by atoms with Crippen molar-refractivity contribution in [3.05, 3.63) is 65.5 Å². The Kier molecular flexibility index (Phi) is 5.27. The van der Waals surface area contributed by atoms with Crippen molar-refractivity contribution in [2.75, 3.05) is 29.5 Å². The van der Waals surface area contributed by atoms with Gasteiger partial charge in [-0.1, -0.05) is 25.1 Å². The molecule has 3 heterocycles. The second-order valence-corrected chi connectivity index (χ2v) is 9.50. The normalized spacial score (nSPS) is 16.1. The molecule has 0 aliphatic carbocycles. The Morgan fingerprint density at radius 1 is 1.10 bits per heavy atom. The van der Waals surface area contributed by atoms with Gasteiger partial charge in [-0.05, 0) is 36.2 Å². The van der Waals surface area contributed by atoms with Crippen LogP contribution in [0.4, 0.5) is 5.69 Å². The number of aryl methyl sites for hydroxylation is 1. The first-order chi connectivity index (χ1) is 14.0. The molecule has 1 N–H and O–H groups in total. The first-order valence-electron chi connectivity index (χ1n) is 9.75. The van der Waals surface area contributed by atoms with Gasteiger partial charge in [0.15, 0.2) is 9.84 Å². The van der Waals surface area contributed by atoms with E-state index in [2.05, 4.69) is 15.3 Å². The number of nitrogens with one attached hydrogen (secondary N) is 1. The van der Waals surface area contributed by atoms with Gasteiger partial charge < -0.3 is 10.2 Å². The monoisotopic (exact) mass is 412 g/mol. The van der Waals surface area contributed by atoms with E-state index < -0.39 is 9.84 Å². The van der Waals surface area contributed by atoms with Crippen LogP contribution in [-0.4, -0.2) is 48.5 Å². The van der Waals surface area contributed by atoms with Gasteiger partial charge in [0.1, 0.15) is 0 Å². The van der Waals surface area contributed by atoms with Crippen LogP contribution in [0.3, 0.4) is 0 Å². The molecule has 3 aromatic rings. The van der Waals surface area contributed by atoms with Gasteiger partial charge in [-0.3, -0.25) is 4.79 Å². The predicted molar refractivity (Wildman–Crippen MR) is 113 cm³/mol. The van der Waals surface area contributed by atoms with Gasteiger partial charge in [0.25, 0.3) is 5.91 Å². The standard InChI is InChI=1S/C21H24N4O3S/c1-2-18-20(19-5-3-4-10-25(19)23-18)21(26)22-15-16-6-8-17(9-7-16)24-11-13-29(27,28)14-12-24/h3-10H,2,11-15H2,1H3,(H,22,26). The lowest BCUT2D eigenvalue weighted by Gasteiger charge is -2.28. The third-order valence-electron chi connectivity index (χ3n) is 5.27. The average molecular weight is 413 g/mol. The number of sulfone groups is 1. The lowest BCUT2D eigenvalue weighted by Crippen LogP contribution is -2.40. The van der Waals surface area contributed by atoms with Crippen LogP contribution in [0.15, 0.2) is 48.7 Å². The molecule has 0 spiro atoms. The van der Waals surface area contributed by atoms with E-state index in [0.717, 1.165) is 22.5 Å². The number of aromatic nitrogens is 2.